The number of esters is 1. The zero-order chi connectivity index (χ0) is 17.8. The van der Waals surface area contributed by atoms with Gasteiger partial charge in [0.25, 0.3) is 5.91 Å². The summed E-state index contributed by atoms with van der Waals surface area (Å²) in [5.41, 5.74) is -0.00226. The highest BCUT2D eigenvalue weighted by Crippen LogP contribution is 2.19. The lowest BCUT2D eigenvalue weighted by atomic mass is 10.00. The molecule has 1 unspecified atom stereocenters. The number of carbonyl (C=O) groups excluding carboxylic acids is 2. The van der Waals surface area contributed by atoms with Gasteiger partial charge in [-0.3, -0.25) is 9.59 Å². The van der Waals surface area contributed by atoms with E-state index in [0.717, 1.165) is 31.7 Å². The molecule has 0 bridgehead atoms. The third-order valence-electron chi connectivity index (χ3n) is 4.58. The van der Waals surface area contributed by atoms with E-state index in [-0.39, 0.29) is 29.7 Å². The average Bonchev–Trinajstić information content (AvgIpc) is 2.65. The van der Waals surface area contributed by atoms with Gasteiger partial charge in [-0.25, -0.2) is 4.79 Å². The molecule has 1 amide bonds. The lowest BCUT2D eigenvalue weighted by Crippen LogP contribution is -2.45. The van der Waals surface area contributed by atoms with Crippen molar-refractivity contribution in [1.29, 1.82) is 0 Å². The van der Waals surface area contributed by atoms with Gasteiger partial charge in [-0.1, -0.05) is 19.1 Å². The smallest absolute Gasteiger partial charge is 0.374 e. The topological polar surface area (TPSA) is 76.8 Å². The Balaban J connectivity index is 1.68. The molecule has 1 aromatic carbocycles. The molecule has 132 valence electrons. The maximum Gasteiger partial charge on any atom is 0.374 e. The molecule has 1 aromatic heterocycles. The Kier molecular flexibility index (Phi) is 5.16. The summed E-state index contributed by atoms with van der Waals surface area (Å²) in [7, 11) is 0. The number of amides is 1. The van der Waals surface area contributed by atoms with E-state index in [1.165, 1.54) is 0 Å². The van der Waals surface area contributed by atoms with Gasteiger partial charge in [0.05, 0.1) is 5.39 Å². The summed E-state index contributed by atoms with van der Waals surface area (Å²) in [6.45, 7) is 2.40. The second kappa shape index (κ2) is 7.51. The van der Waals surface area contributed by atoms with Crippen molar-refractivity contribution in [3.05, 3.63) is 46.3 Å². The van der Waals surface area contributed by atoms with Crippen molar-refractivity contribution in [1.82, 2.24) is 4.90 Å². The molecule has 6 nitrogen and oxygen atoms in total. The monoisotopic (exact) mass is 343 g/mol. The molecule has 0 radical (unpaired) electrons. The van der Waals surface area contributed by atoms with Gasteiger partial charge < -0.3 is 14.1 Å². The van der Waals surface area contributed by atoms with Crippen LogP contribution in [0.15, 0.2) is 39.5 Å². The molecule has 2 heterocycles. The normalized spacial score (nSPS) is 17.5. The minimum atomic E-state index is -0.804. The predicted molar refractivity (Wildman–Crippen MR) is 92.4 cm³/mol. The van der Waals surface area contributed by atoms with Gasteiger partial charge in [0.2, 0.25) is 5.76 Å². The summed E-state index contributed by atoms with van der Waals surface area (Å²) < 4.78 is 10.5. The molecule has 0 aliphatic carbocycles. The molecule has 1 fully saturated rings. The van der Waals surface area contributed by atoms with Crippen molar-refractivity contribution < 1.29 is 18.7 Å². The van der Waals surface area contributed by atoms with Crippen LogP contribution in [0.25, 0.3) is 11.0 Å². The second-order valence-corrected chi connectivity index (χ2v) is 6.19. The van der Waals surface area contributed by atoms with Crippen LogP contribution in [-0.4, -0.2) is 36.0 Å². The van der Waals surface area contributed by atoms with E-state index in [1.54, 1.807) is 29.2 Å². The second-order valence-electron chi connectivity index (χ2n) is 6.19. The summed E-state index contributed by atoms with van der Waals surface area (Å²) >= 11 is 0. The minimum absolute atomic E-state index is 0.192. The van der Waals surface area contributed by atoms with Gasteiger partial charge in [-0.05, 0) is 37.8 Å². The van der Waals surface area contributed by atoms with E-state index in [9.17, 15) is 14.4 Å². The molecule has 3 rings (SSSR count). The number of fused-ring (bicyclic) bond motifs is 1. The summed E-state index contributed by atoms with van der Waals surface area (Å²) in [6.07, 6.45) is 3.95. The molecule has 0 spiro atoms. The Morgan fingerprint density at radius 2 is 2.08 bits per heavy atom. The van der Waals surface area contributed by atoms with Gasteiger partial charge in [-0.2, -0.15) is 0 Å². The molecule has 6 heteroatoms. The molecular weight excluding hydrogens is 322 g/mol. The molecule has 1 atom stereocenters. The Morgan fingerprint density at radius 1 is 1.28 bits per heavy atom. The van der Waals surface area contributed by atoms with Crippen molar-refractivity contribution in [3.63, 3.8) is 0 Å². The lowest BCUT2D eigenvalue weighted by Gasteiger charge is -2.35. The van der Waals surface area contributed by atoms with E-state index in [0.29, 0.717) is 17.5 Å². The fourth-order valence-electron chi connectivity index (χ4n) is 3.24. The van der Waals surface area contributed by atoms with Crippen molar-refractivity contribution in [3.8, 4) is 0 Å². The molecular formula is C19H21NO5. The van der Waals surface area contributed by atoms with Crippen LogP contribution in [0, 0.1) is 0 Å². The van der Waals surface area contributed by atoms with Gasteiger partial charge in [0, 0.05) is 18.7 Å². The number of ether oxygens (including phenoxy) is 1. The fourth-order valence-corrected chi connectivity index (χ4v) is 3.24. The van der Waals surface area contributed by atoms with Crippen LogP contribution in [0.2, 0.25) is 0 Å². The number of likely N-dealkylation sites (tertiary alicyclic amines) is 1. The van der Waals surface area contributed by atoms with Crippen molar-refractivity contribution in [2.45, 2.75) is 38.6 Å². The zero-order valence-corrected chi connectivity index (χ0v) is 14.2. The predicted octanol–water partition coefficient (Wildman–Crippen LogP) is 2.74. The largest absolute Gasteiger partial charge is 0.450 e. The van der Waals surface area contributed by atoms with Gasteiger partial charge in [-0.15, -0.1) is 0 Å². The molecule has 1 saturated heterocycles. The number of nitrogens with zero attached hydrogens (tertiary/aromatic N) is 1. The van der Waals surface area contributed by atoms with Crippen molar-refractivity contribution in [2.24, 2.45) is 0 Å². The molecule has 0 saturated carbocycles. The van der Waals surface area contributed by atoms with E-state index >= 15 is 0 Å². The van der Waals surface area contributed by atoms with Crippen molar-refractivity contribution >= 4 is 22.8 Å². The molecule has 1 aliphatic heterocycles. The van der Waals surface area contributed by atoms with Gasteiger partial charge in [0.1, 0.15) is 5.58 Å². The first-order valence-corrected chi connectivity index (χ1v) is 8.59. The standard InChI is InChI=1S/C19H21NO5/c1-2-13-7-5-6-10-20(13)18(22)12-24-19(23)17-11-15(21)14-8-3-4-9-16(14)25-17/h3-4,8-9,11,13H,2,5-7,10,12H2,1H3. The molecule has 25 heavy (non-hydrogen) atoms. The highest BCUT2D eigenvalue weighted by atomic mass is 16.5. The number of rotatable bonds is 4. The highest BCUT2D eigenvalue weighted by Gasteiger charge is 2.26. The van der Waals surface area contributed by atoms with Crippen LogP contribution in [0.4, 0.5) is 0 Å². The van der Waals surface area contributed by atoms with Crippen LogP contribution in [0.5, 0.6) is 0 Å². The van der Waals surface area contributed by atoms with Crippen LogP contribution >= 0.6 is 0 Å². The van der Waals surface area contributed by atoms with E-state index in [4.69, 9.17) is 9.15 Å². The number of hydrogen-bond donors (Lipinski definition) is 0. The first-order chi connectivity index (χ1) is 12.1. The Labute approximate surface area is 145 Å². The maximum atomic E-state index is 12.3. The minimum Gasteiger partial charge on any atom is -0.450 e. The summed E-state index contributed by atoms with van der Waals surface area (Å²) in [5.74, 6) is -1.20. The summed E-state index contributed by atoms with van der Waals surface area (Å²) in [5, 5.41) is 0.397. The van der Waals surface area contributed by atoms with E-state index in [2.05, 4.69) is 0 Å². The van der Waals surface area contributed by atoms with Crippen LogP contribution in [-0.2, 0) is 9.53 Å². The summed E-state index contributed by atoms with van der Waals surface area (Å²) in [6, 6.07) is 7.98. The number of benzene rings is 1. The lowest BCUT2D eigenvalue weighted by molar-refractivity contribution is -0.138. The molecule has 2 aromatic rings. The SMILES string of the molecule is CCC1CCCCN1C(=O)COC(=O)c1cc(=O)c2ccccc2o1. The third kappa shape index (κ3) is 3.73. The van der Waals surface area contributed by atoms with Crippen molar-refractivity contribution in [2.75, 3.05) is 13.2 Å². The van der Waals surface area contributed by atoms with E-state index in [1.807, 2.05) is 6.92 Å². The number of piperidine rings is 1. The Bertz CT molecular complexity index is 841. The number of para-hydroxylation sites is 1. The average molecular weight is 343 g/mol. The fraction of sp³-hybridized carbons (Fsp3) is 0.421. The first kappa shape index (κ1) is 17.2. The maximum absolute atomic E-state index is 12.3. The van der Waals surface area contributed by atoms with Gasteiger partial charge >= 0.3 is 5.97 Å². The number of carbonyl (C=O) groups is 2. The Hall–Kier alpha value is -2.63. The summed E-state index contributed by atoms with van der Waals surface area (Å²) in [4.78, 5) is 38.3. The van der Waals surface area contributed by atoms with Crippen LogP contribution in [0.1, 0.15) is 43.2 Å². The highest BCUT2D eigenvalue weighted by molar-refractivity contribution is 5.90. The third-order valence-corrected chi connectivity index (χ3v) is 4.58. The zero-order valence-electron chi connectivity index (χ0n) is 14.2. The first-order valence-electron chi connectivity index (χ1n) is 8.59. The van der Waals surface area contributed by atoms with E-state index < -0.39 is 5.97 Å². The number of hydrogen-bond acceptors (Lipinski definition) is 5. The molecule has 1 aliphatic rings. The molecule has 0 N–H and O–H groups in total. The van der Waals surface area contributed by atoms with Crippen LogP contribution < -0.4 is 5.43 Å². The van der Waals surface area contributed by atoms with Gasteiger partial charge in [0.15, 0.2) is 12.0 Å². The Morgan fingerprint density at radius 3 is 2.88 bits per heavy atom. The van der Waals surface area contributed by atoms with Crippen LogP contribution in [0.3, 0.4) is 0 Å². The quantitative estimate of drug-likeness (QED) is 0.798.